The number of hydrogen-bond acceptors (Lipinski definition) is 5. The molecular weight excluding hydrogens is 289 g/mol. The summed E-state index contributed by atoms with van der Waals surface area (Å²) in [5.74, 6) is -0.596. The predicted octanol–water partition coefficient (Wildman–Crippen LogP) is 1.65. The topological polar surface area (TPSA) is 85.1 Å². The average molecular weight is 301 g/mol. The van der Waals surface area contributed by atoms with Crippen LogP contribution >= 0.6 is 11.3 Å². The summed E-state index contributed by atoms with van der Waals surface area (Å²) in [6, 6.07) is 2.36. The van der Waals surface area contributed by atoms with Crippen LogP contribution in [0.3, 0.4) is 0 Å². The summed E-state index contributed by atoms with van der Waals surface area (Å²) in [6.07, 6.45) is 1.58. The number of aryl methyl sites for hydroxylation is 1. The van der Waals surface area contributed by atoms with Crippen molar-refractivity contribution >= 4 is 27.0 Å². The number of anilines is 1. The zero-order valence-corrected chi connectivity index (χ0v) is 11.7. The molecule has 102 valence electrons. The normalized spacial score (nSPS) is 11.7. The van der Waals surface area contributed by atoms with Crippen molar-refractivity contribution in [3.8, 4) is 0 Å². The second-order valence-electron chi connectivity index (χ2n) is 3.94. The third kappa shape index (κ3) is 3.09. The highest BCUT2D eigenvalue weighted by molar-refractivity contribution is 7.89. The van der Waals surface area contributed by atoms with E-state index in [1.807, 2.05) is 0 Å². The van der Waals surface area contributed by atoms with Crippen molar-refractivity contribution in [2.24, 2.45) is 0 Å². The smallest absolute Gasteiger partial charge is 0.240 e. The molecule has 2 aromatic rings. The molecule has 0 aliphatic rings. The summed E-state index contributed by atoms with van der Waals surface area (Å²) in [5.41, 5.74) is 7.06. The van der Waals surface area contributed by atoms with E-state index in [0.717, 1.165) is 10.9 Å². The first-order valence-electron chi connectivity index (χ1n) is 5.33. The Labute approximate surface area is 114 Å². The van der Waals surface area contributed by atoms with Crippen LogP contribution in [-0.4, -0.2) is 13.4 Å². The molecule has 8 heteroatoms. The van der Waals surface area contributed by atoms with Crippen LogP contribution in [0.25, 0.3) is 0 Å². The molecule has 0 unspecified atom stereocenters. The molecule has 5 nitrogen and oxygen atoms in total. The summed E-state index contributed by atoms with van der Waals surface area (Å²) >= 11 is 1.34. The van der Waals surface area contributed by atoms with Crippen molar-refractivity contribution < 1.29 is 12.8 Å². The fourth-order valence-corrected chi connectivity index (χ4v) is 3.25. The van der Waals surface area contributed by atoms with Crippen LogP contribution in [0.1, 0.15) is 10.4 Å². The van der Waals surface area contributed by atoms with Gasteiger partial charge in [-0.25, -0.2) is 17.5 Å². The Morgan fingerprint density at radius 1 is 1.47 bits per heavy atom. The molecular formula is C11H12FN3O2S2. The van der Waals surface area contributed by atoms with Crippen LogP contribution in [0.5, 0.6) is 0 Å². The van der Waals surface area contributed by atoms with Gasteiger partial charge in [0.15, 0.2) is 0 Å². The number of nitrogens with one attached hydrogen (secondary N) is 1. The van der Waals surface area contributed by atoms with Gasteiger partial charge in [-0.2, -0.15) is 0 Å². The number of rotatable bonds is 4. The Bertz CT molecular complexity index is 661. The van der Waals surface area contributed by atoms with Gasteiger partial charge in [-0.15, -0.1) is 11.3 Å². The van der Waals surface area contributed by atoms with E-state index in [1.165, 1.54) is 24.3 Å². The van der Waals surface area contributed by atoms with Crippen LogP contribution in [0, 0.1) is 12.7 Å². The number of aromatic nitrogens is 1. The number of sulfonamides is 1. The monoisotopic (exact) mass is 301 g/mol. The van der Waals surface area contributed by atoms with Crippen LogP contribution in [0.4, 0.5) is 10.1 Å². The molecule has 0 aliphatic carbocycles. The minimum Gasteiger partial charge on any atom is -0.396 e. The molecule has 0 saturated carbocycles. The second kappa shape index (κ2) is 5.24. The first-order valence-corrected chi connectivity index (χ1v) is 7.69. The summed E-state index contributed by atoms with van der Waals surface area (Å²) in [4.78, 5) is 4.59. The van der Waals surface area contributed by atoms with Gasteiger partial charge in [0.2, 0.25) is 10.0 Å². The van der Waals surface area contributed by atoms with Gasteiger partial charge in [-0.05, 0) is 24.6 Å². The third-order valence-electron chi connectivity index (χ3n) is 2.49. The van der Waals surface area contributed by atoms with Crippen LogP contribution in [0.15, 0.2) is 28.7 Å². The van der Waals surface area contributed by atoms with E-state index in [0.29, 0.717) is 0 Å². The fraction of sp³-hybridized carbons (Fsp3) is 0.182. The molecule has 1 aromatic carbocycles. The maximum absolute atomic E-state index is 13.4. The first-order chi connectivity index (χ1) is 8.90. The minimum absolute atomic E-state index is 0.0478. The van der Waals surface area contributed by atoms with E-state index >= 15 is 0 Å². The average Bonchev–Trinajstić information content (AvgIpc) is 2.86. The van der Waals surface area contributed by atoms with Gasteiger partial charge < -0.3 is 5.73 Å². The number of hydrogen-bond donors (Lipinski definition) is 2. The van der Waals surface area contributed by atoms with Crippen LogP contribution in [0.2, 0.25) is 0 Å². The summed E-state index contributed by atoms with van der Waals surface area (Å²) in [6.45, 7) is 1.61. The molecule has 0 saturated heterocycles. The second-order valence-corrected chi connectivity index (χ2v) is 6.67. The number of nitrogens with zero attached hydrogens (tertiary/aromatic N) is 1. The van der Waals surface area contributed by atoms with Crippen molar-refractivity contribution in [1.82, 2.24) is 9.71 Å². The number of nitrogens with two attached hydrogens (primary N) is 1. The van der Waals surface area contributed by atoms with Crippen molar-refractivity contribution in [2.75, 3.05) is 5.73 Å². The predicted molar refractivity (Wildman–Crippen MR) is 71.7 cm³/mol. The molecule has 0 spiro atoms. The van der Waals surface area contributed by atoms with Gasteiger partial charge in [0.1, 0.15) is 5.82 Å². The first kappa shape index (κ1) is 13.9. The number of thiazole rings is 1. The summed E-state index contributed by atoms with van der Waals surface area (Å²) in [5, 5.41) is 0. The van der Waals surface area contributed by atoms with Gasteiger partial charge in [0, 0.05) is 17.6 Å². The molecule has 0 bridgehead atoms. The fourth-order valence-electron chi connectivity index (χ4n) is 1.50. The van der Waals surface area contributed by atoms with Gasteiger partial charge in [0.25, 0.3) is 0 Å². The summed E-state index contributed by atoms with van der Waals surface area (Å²) < 4.78 is 39.9. The summed E-state index contributed by atoms with van der Waals surface area (Å²) in [7, 11) is -3.72. The number of benzene rings is 1. The Morgan fingerprint density at radius 3 is 2.79 bits per heavy atom. The third-order valence-corrected chi connectivity index (χ3v) is 4.65. The largest absolute Gasteiger partial charge is 0.396 e. The number of nitrogen functional groups attached to an aromatic ring is 1. The molecule has 1 aromatic heterocycles. The maximum atomic E-state index is 13.4. The Kier molecular flexibility index (Phi) is 3.83. The molecule has 0 fully saturated rings. The number of halogens is 1. The highest BCUT2D eigenvalue weighted by Crippen LogP contribution is 2.21. The highest BCUT2D eigenvalue weighted by Gasteiger charge is 2.17. The molecule has 3 N–H and O–H groups in total. The molecule has 0 amide bonds. The van der Waals surface area contributed by atoms with E-state index in [1.54, 1.807) is 11.7 Å². The van der Waals surface area contributed by atoms with Crippen molar-refractivity contribution in [3.05, 3.63) is 40.1 Å². The van der Waals surface area contributed by atoms with Crippen molar-refractivity contribution in [2.45, 2.75) is 18.4 Å². The molecule has 0 aliphatic heterocycles. The highest BCUT2D eigenvalue weighted by atomic mass is 32.2. The lowest BCUT2D eigenvalue weighted by molar-refractivity contribution is 0.580. The van der Waals surface area contributed by atoms with Crippen LogP contribution in [-0.2, 0) is 16.6 Å². The van der Waals surface area contributed by atoms with Gasteiger partial charge in [-0.1, -0.05) is 0 Å². The molecule has 1 heterocycles. The lowest BCUT2D eigenvalue weighted by Crippen LogP contribution is -2.23. The minimum atomic E-state index is -3.72. The van der Waals surface area contributed by atoms with E-state index in [4.69, 9.17) is 5.73 Å². The van der Waals surface area contributed by atoms with Crippen LogP contribution < -0.4 is 10.5 Å². The molecule has 2 rings (SSSR count). The van der Waals surface area contributed by atoms with Crippen molar-refractivity contribution in [3.63, 3.8) is 0 Å². The maximum Gasteiger partial charge on any atom is 0.240 e. The molecule has 19 heavy (non-hydrogen) atoms. The molecule has 0 radical (unpaired) electrons. The quantitative estimate of drug-likeness (QED) is 0.841. The Balaban J connectivity index is 2.24. The molecule has 0 atom stereocenters. The zero-order valence-electron chi connectivity index (χ0n) is 10.1. The zero-order chi connectivity index (χ0) is 14.0. The Hall–Kier alpha value is -1.51. The van der Waals surface area contributed by atoms with Crippen molar-refractivity contribution in [1.29, 1.82) is 0 Å². The van der Waals surface area contributed by atoms with E-state index in [2.05, 4.69) is 9.71 Å². The van der Waals surface area contributed by atoms with Gasteiger partial charge in [-0.3, -0.25) is 4.98 Å². The standard InChI is InChI=1S/C11H12FN3O2S2/c1-7-2-9(3-10(13)11(7)12)19(16,17)15-5-8-4-14-6-18-8/h2-4,6,15H,5,13H2,1H3. The lowest BCUT2D eigenvalue weighted by Gasteiger charge is -2.08. The van der Waals surface area contributed by atoms with Gasteiger partial charge in [0.05, 0.1) is 16.1 Å². The van der Waals surface area contributed by atoms with Gasteiger partial charge >= 0.3 is 0 Å². The van der Waals surface area contributed by atoms with E-state index in [9.17, 15) is 12.8 Å². The van der Waals surface area contributed by atoms with E-state index in [-0.39, 0.29) is 22.7 Å². The SMILES string of the molecule is Cc1cc(S(=O)(=O)NCc2cncs2)cc(N)c1F. The lowest BCUT2D eigenvalue weighted by atomic mass is 10.2. The Morgan fingerprint density at radius 2 is 2.21 bits per heavy atom. The van der Waals surface area contributed by atoms with E-state index < -0.39 is 15.8 Å².